The summed E-state index contributed by atoms with van der Waals surface area (Å²) >= 11 is 0. The van der Waals surface area contributed by atoms with Crippen molar-refractivity contribution in [2.45, 2.75) is 38.3 Å². The average molecular weight is 227 g/mol. The predicted molar refractivity (Wildman–Crippen MR) is 66.7 cm³/mol. The van der Waals surface area contributed by atoms with E-state index in [2.05, 4.69) is 11.5 Å². The first-order valence-corrected chi connectivity index (χ1v) is 6.13. The van der Waals surface area contributed by atoms with Crippen LogP contribution in [0.15, 0.2) is 12.2 Å². The fourth-order valence-corrected chi connectivity index (χ4v) is 2.89. The molecule has 2 heterocycles. The molecule has 2 saturated heterocycles. The lowest BCUT2D eigenvalue weighted by atomic mass is 9.93. The van der Waals surface area contributed by atoms with Crippen LogP contribution in [0.2, 0.25) is 0 Å². The number of ether oxygens (including phenoxy) is 2. The normalized spacial score (nSPS) is 33.5. The molecule has 2 unspecified atom stereocenters. The van der Waals surface area contributed by atoms with Crippen LogP contribution in [0.4, 0.5) is 0 Å². The number of fused-ring (bicyclic) bond motifs is 1. The molecule has 0 saturated carbocycles. The van der Waals surface area contributed by atoms with Crippen LogP contribution in [-0.2, 0) is 9.47 Å². The molecule has 0 bridgehead atoms. The van der Waals surface area contributed by atoms with E-state index < -0.39 is 0 Å². The Kier molecular flexibility index (Phi) is 4.96. The molecule has 2 aliphatic rings. The smallest absolute Gasteiger partial charge is 0.0717 e. The van der Waals surface area contributed by atoms with Gasteiger partial charge in [-0.25, -0.2) is 0 Å². The molecule has 0 N–H and O–H groups in total. The van der Waals surface area contributed by atoms with Gasteiger partial charge >= 0.3 is 0 Å². The first-order chi connectivity index (χ1) is 7.70. The van der Waals surface area contributed by atoms with Gasteiger partial charge in [-0.2, -0.15) is 0 Å². The van der Waals surface area contributed by atoms with Crippen LogP contribution in [0.3, 0.4) is 0 Å². The lowest BCUT2D eigenvalue weighted by molar-refractivity contribution is 0.0635. The van der Waals surface area contributed by atoms with Crippen LogP contribution in [0.1, 0.15) is 26.7 Å². The molecule has 2 atom stereocenters. The Morgan fingerprint density at radius 1 is 1.44 bits per heavy atom. The minimum atomic E-state index is 0.187. The second-order valence-electron chi connectivity index (χ2n) is 4.53. The number of methoxy groups -OCH3 is 2. The zero-order valence-electron chi connectivity index (χ0n) is 11.1. The lowest BCUT2D eigenvalue weighted by Crippen LogP contribution is -2.42. The van der Waals surface area contributed by atoms with Gasteiger partial charge in [-0.15, -0.1) is 0 Å². The van der Waals surface area contributed by atoms with Crippen LogP contribution in [0.25, 0.3) is 0 Å². The third kappa shape index (κ3) is 2.47. The summed E-state index contributed by atoms with van der Waals surface area (Å²) in [5.74, 6) is 0. The highest BCUT2D eigenvalue weighted by atomic mass is 16.5. The molecule has 0 radical (unpaired) electrons. The zero-order valence-corrected chi connectivity index (χ0v) is 11.1. The highest BCUT2D eigenvalue weighted by molar-refractivity contribution is 5.19. The largest absolute Gasteiger partial charge is 0.383 e. The Bertz CT molecular complexity index is 242. The highest BCUT2D eigenvalue weighted by Gasteiger charge is 2.49. The highest BCUT2D eigenvalue weighted by Crippen LogP contribution is 2.41. The summed E-state index contributed by atoms with van der Waals surface area (Å²) in [5.41, 5.74) is 1.52. The van der Waals surface area contributed by atoms with Gasteiger partial charge < -0.3 is 9.47 Å². The number of hydrogen-bond donors (Lipinski definition) is 0. The van der Waals surface area contributed by atoms with Gasteiger partial charge in [0.1, 0.15) is 0 Å². The van der Waals surface area contributed by atoms with Gasteiger partial charge in [0.05, 0.1) is 18.2 Å². The summed E-state index contributed by atoms with van der Waals surface area (Å²) in [6.07, 6.45) is 2.52. The minimum Gasteiger partial charge on any atom is -0.383 e. The molecule has 2 aliphatic heterocycles. The van der Waals surface area contributed by atoms with Crippen molar-refractivity contribution < 1.29 is 9.47 Å². The first kappa shape index (κ1) is 13.7. The molecular formula is C13H25NO2. The molecule has 16 heavy (non-hydrogen) atoms. The minimum absolute atomic E-state index is 0.187. The van der Waals surface area contributed by atoms with E-state index in [1.54, 1.807) is 14.2 Å². The van der Waals surface area contributed by atoms with Crippen molar-refractivity contribution in [3.8, 4) is 0 Å². The predicted octanol–water partition coefficient (Wildman–Crippen LogP) is 2.08. The van der Waals surface area contributed by atoms with Gasteiger partial charge in [-0.1, -0.05) is 26.0 Å². The molecule has 0 aromatic carbocycles. The number of hydrogen-bond acceptors (Lipinski definition) is 3. The van der Waals surface area contributed by atoms with Gasteiger partial charge in [0.25, 0.3) is 0 Å². The number of nitrogens with zero attached hydrogens (tertiary/aromatic N) is 1. The van der Waals surface area contributed by atoms with E-state index in [0.717, 1.165) is 32.5 Å². The summed E-state index contributed by atoms with van der Waals surface area (Å²) in [6, 6.07) is 0. The third-order valence-electron chi connectivity index (χ3n) is 3.44. The SMILES string of the molecule is C=C1CN2CC(OC)CC2(COC)C1.CC. The summed E-state index contributed by atoms with van der Waals surface area (Å²) in [5, 5.41) is 0. The topological polar surface area (TPSA) is 21.7 Å². The van der Waals surface area contributed by atoms with Crippen molar-refractivity contribution in [1.29, 1.82) is 0 Å². The quantitative estimate of drug-likeness (QED) is 0.689. The van der Waals surface area contributed by atoms with E-state index in [-0.39, 0.29) is 5.54 Å². The van der Waals surface area contributed by atoms with Gasteiger partial charge in [-0.3, -0.25) is 4.90 Å². The second-order valence-corrected chi connectivity index (χ2v) is 4.53. The van der Waals surface area contributed by atoms with Crippen LogP contribution in [0.5, 0.6) is 0 Å². The zero-order chi connectivity index (χ0) is 12.2. The van der Waals surface area contributed by atoms with Crippen molar-refractivity contribution in [2.75, 3.05) is 33.9 Å². The van der Waals surface area contributed by atoms with E-state index in [9.17, 15) is 0 Å². The van der Waals surface area contributed by atoms with Crippen LogP contribution < -0.4 is 0 Å². The Morgan fingerprint density at radius 3 is 2.69 bits per heavy atom. The van der Waals surface area contributed by atoms with E-state index in [4.69, 9.17) is 9.47 Å². The molecule has 0 amide bonds. The molecule has 2 fully saturated rings. The summed E-state index contributed by atoms with van der Waals surface area (Å²) < 4.78 is 10.8. The van der Waals surface area contributed by atoms with E-state index in [1.165, 1.54) is 5.57 Å². The van der Waals surface area contributed by atoms with Gasteiger partial charge in [0, 0.05) is 27.3 Å². The molecule has 2 rings (SSSR count). The third-order valence-corrected chi connectivity index (χ3v) is 3.44. The van der Waals surface area contributed by atoms with E-state index in [1.807, 2.05) is 13.8 Å². The van der Waals surface area contributed by atoms with Crippen molar-refractivity contribution in [3.63, 3.8) is 0 Å². The molecule has 94 valence electrons. The molecular weight excluding hydrogens is 202 g/mol. The Labute approximate surface area is 99.4 Å². The lowest BCUT2D eigenvalue weighted by Gasteiger charge is -2.30. The maximum atomic E-state index is 5.43. The maximum absolute atomic E-state index is 5.43. The van der Waals surface area contributed by atoms with Crippen LogP contribution in [0, 0.1) is 0 Å². The van der Waals surface area contributed by atoms with Crippen molar-refractivity contribution in [3.05, 3.63) is 12.2 Å². The second kappa shape index (κ2) is 5.80. The van der Waals surface area contributed by atoms with Crippen LogP contribution >= 0.6 is 0 Å². The van der Waals surface area contributed by atoms with Crippen LogP contribution in [-0.4, -0.2) is 50.5 Å². The van der Waals surface area contributed by atoms with Crippen molar-refractivity contribution in [1.82, 2.24) is 4.90 Å². The summed E-state index contributed by atoms with van der Waals surface area (Å²) in [7, 11) is 3.57. The molecule has 0 aliphatic carbocycles. The van der Waals surface area contributed by atoms with Crippen molar-refractivity contribution >= 4 is 0 Å². The maximum Gasteiger partial charge on any atom is 0.0717 e. The molecule has 0 aromatic rings. The summed E-state index contributed by atoms with van der Waals surface area (Å²) in [4.78, 5) is 2.47. The monoisotopic (exact) mass is 227 g/mol. The number of rotatable bonds is 3. The van der Waals surface area contributed by atoms with Gasteiger partial charge in [0.2, 0.25) is 0 Å². The van der Waals surface area contributed by atoms with Gasteiger partial charge in [0.15, 0.2) is 0 Å². The molecule has 3 nitrogen and oxygen atoms in total. The fourth-order valence-electron chi connectivity index (χ4n) is 2.89. The fraction of sp³-hybridized carbons (Fsp3) is 0.846. The molecule has 0 aromatic heterocycles. The van der Waals surface area contributed by atoms with E-state index >= 15 is 0 Å². The van der Waals surface area contributed by atoms with E-state index in [0.29, 0.717) is 6.10 Å². The Hall–Kier alpha value is -0.380. The molecule has 0 spiro atoms. The van der Waals surface area contributed by atoms with Crippen molar-refractivity contribution in [2.24, 2.45) is 0 Å². The van der Waals surface area contributed by atoms with Gasteiger partial charge in [-0.05, 0) is 12.8 Å². The average Bonchev–Trinajstić information content (AvgIpc) is 2.73. The summed E-state index contributed by atoms with van der Waals surface area (Å²) in [6.45, 7) is 10.9. The Balaban J connectivity index is 0.000000606. The Morgan fingerprint density at radius 2 is 2.12 bits per heavy atom. The standard InChI is InChI=1S/C11H19NO2.C2H6/c1-9-4-11(8-13-2)5-10(14-3)7-12(11)6-9;1-2/h10H,1,4-8H2,2-3H3;1-2H3. The molecule has 3 heteroatoms. The first-order valence-electron chi connectivity index (χ1n) is 6.13.